The molecule has 1 aliphatic heterocycles. The molecule has 0 aliphatic carbocycles. The fourth-order valence-corrected chi connectivity index (χ4v) is 3.89. The van der Waals surface area contributed by atoms with Crippen LogP contribution in [-0.4, -0.2) is 11.1 Å². The van der Waals surface area contributed by atoms with Crippen molar-refractivity contribution in [2.75, 3.05) is 0 Å². The molecule has 0 unspecified atom stereocenters. The Bertz CT molecular complexity index is 745. The molecule has 118 valence electrons. The first kappa shape index (κ1) is 15.8. The van der Waals surface area contributed by atoms with Crippen molar-refractivity contribution in [1.29, 1.82) is 0 Å². The Hall–Kier alpha value is -2.07. The topological polar surface area (TPSA) is 41.5 Å². The average Bonchev–Trinajstić information content (AvgIpc) is 2.51. The van der Waals surface area contributed by atoms with Gasteiger partial charge in [0, 0.05) is 4.90 Å². The second-order valence-corrected chi connectivity index (χ2v) is 6.94. The molecule has 1 amide bonds. The van der Waals surface area contributed by atoms with E-state index in [0.717, 1.165) is 5.56 Å². The molecule has 2 aromatic rings. The number of aryl methyl sites for hydroxylation is 3. The zero-order valence-corrected chi connectivity index (χ0v) is 14.4. The van der Waals surface area contributed by atoms with Crippen LogP contribution in [0, 0.1) is 20.8 Å². The number of aliphatic imine (C=N–C) groups is 1. The summed E-state index contributed by atoms with van der Waals surface area (Å²) in [7, 11) is 0. The Labute approximate surface area is 141 Å². The fraction of sp³-hybridized carbons (Fsp3) is 0.263. The van der Waals surface area contributed by atoms with Crippen LogP contribution in [0.25, 0.3) is 0 Å². The van der Waals surface area contributed by atoms with Crippen molar-refractivity contribution in [2.24, 2.45) is 4.99 Å². The highest BCUT2D eigenvalue weighted by molar-refractivity contribution is 8.14. The number of nitrogens with zero attached hydrogens (tertiary/aromatic N) is 1. The minimum absolute atomic E-state index is 0.0266. The minimum atomic E-state index is -0.0986. The quantitative estimate of drug-likeness (QED) is 0.894. The lowest BCUT2D eigenvalue weighted by atomic mass is 10.0. The van der Waals surface area contributed by atoms with E-state index in [4.69, 9.17) is 4.99 Å². The van der Waals surface area contributed by atoms with E-state index < -0.39 is 0 Å². The van der Waals surface area contributed by atoms with Crippen molar-refractivity contribution in [3.63, 3.8) is 0 Å². The molecule has 0 bridgehead atoms. The summed E-state index contributed by atoms with van der Waals surface area (Å²) in [5, 5.41) is 3.59. The summed E-state index contributed by atoms with van der Waals surface area (Å²) in [4.78, 5) is 18.0. The first-order valence-corrected chi connectivity index (χ1v) is 8.53. The van der Waals surface area contributed by atoms with Crippen molar-refractivity contribution in [1.82, 2.24) is 5.32 Å². The Balaban J connectivity index is 1.90. The van der Waals surface area contributed by atoms with Crippen LogP contribution in [0.5, 0.6) is 0 Å². The van der Waals surface area contributed by atoms with Crippen molar-refractivity contribution in [2.45, 2.75) is 38.1 Å². The fourth-order valence-electron chi connectivity index (χ4n) is 2.91. The van der Waals surface area contributed by atoms with Gasteiger partial charge in [-0.25, -0.2) is 0 Å². The zero-order chi connectivity index (χ0) is 16.4. The highest BCUT2D eigenvalue weighted by atomic mass is 32.2. The maximum atomic E-state index is 12.1. The smallest absolute Gasteiger partial charge is 0.228 e. The van der Waals surface area contributed by atoms with E-state index in [9.17, 15) is 4.79 Å². The third-order valence-corrected chi connectivity index (χ3v) is 5.13. The van der Waals surface area contributed by atoms with Gasteiger partial charge in [0.1, 0.15) is 0 Å². The number of rotatable bonds is 2. The lowest BCUT2D eigenvalue weighted by Gasteiger charge is -2.21. The van der Waals surface area contributed by atoms with E-state index in [0.29, 0.717) is 11.6 Å². The van der Waals surface area contributed by atoms with E-state index in [1.54, 1.807) is 11.8 Å². The van der Waals surface area contributed by atoms with Gasteiger partial charge in [-0.2, -0.15) is 0 Å². The number of benzene rings is 2. The molecule has 1 heterocycles. The number of carbonyl (C=O) groups is 1. The second-order valence-electron chi connectivity index (χ2n) is 5.94. The molecule has 1 N–H and O–H groups in total. The number of carbonyl (C=O) groups excluding carboxylic acids is 1. The molecule has 0 fully saturated rings. The molecule has 3 nitrogen and oxygen atoms in total. The molecular formula is C19H20N2OS. The number of amidine groups is 1. The van der Waals surface area contributed by atoms with Crippen molar-refractivity contribution >= 4 is 22.8 Å². The maximum absolute atomic E-state index is 12.1. The van der Waals surface area contributed by atoms with E-state index >= 15 is 0 Å². The molecule has 0 saturated carbocycles. The van der Waals surface area contributed by atoms with Gasteiger partial charge < -0.3 is 5.32 Å². The Morgan fingerprint density at radius 3 is 2.39 bits per heavy atom. The molecule has 1 aliphatic rings. The summed E-state index contributed by atoms with van der Waals surface area (Å²) in [5.41, 5.74) is 4.76. The first-order valence-electron chi connectivity index (χ1n) is 7.71. The number of thioether (sulfide) groups is 1. The molecule has 4 heteroatoms. The predicted molar refractivity (Wildman–Crippen MR) is 95.9 cm³/mol. The SMILES string of the molecule is Cc1cc(C)c(SC2=N[C@@H](c3ccccc3)CC(=O)N2)c(C)c1. The van der Waals surface area contributed by atoms with Gasteiger partial charge in [0.25, 0.3) is 0 Å². The summed E-state index contributed by atoms with van der Waals surface area (Å²) < 4.78 is 0. The van der Waals surface area contributed by atoms with Gasteiger partial charge in [-0.3, -0.25) is 9.79 Å². The maximum Gasteiger partial charge on any atom is 0.228 e. The largest absolute Gasteiger partial charge is 0.305 e. The normalized spacial score (nSPS) is 17.6. The number of hydrogen-bond acceptors (Lipinski definition) is 3. The Morgan fingerprint density at radius 2 is 1.74 bits per heavy atom. The van der Waals surface area contributed by atoms with Gasteiger partial charge in [0.15, 0.2) is 5.17 Å². The van der Waals surface area contributed by atoms with Crippen LogP contribution >= 0.6 is 11.8 Å². The number of nitrogens with one attached hydrogen (secondary N) is 1. The van der Waals surface area contributed by atoms with Crippen molar-refractivity contribution in [3.05, 3.63) is 64.7 Å². The van der Waals surface area contributed by atoms with Crippen LogP contribution < -0.4 is 5.32 Å². The average molecular weight is 324 g/mol. The summed E-state index contributed by atoms with van der Waals surface area (Å²) in [5.74, 6) is 0.0266. The van der Waals surface area contributed by atoms with Crippen LogP contribution in [0.1, 0.15) is 34.7 Å². The molecule has 1 atom stereocenters. The molecule has 0 radical (unpaired) electrons. The third kappa shape index (κ3) is 3.64. The standard InChI is InChI=1S/C19H20N2OS/c1-12-9-13(2)18(14(3)10-12)23-19-20-16(11-17(22)21-19)15-7-5-4-6-8-15/h4-10,16H,11H2,1-3H3,(H,20,21,22)/t16-/m1/s1. The molecule has 0 spiro atoms. The first-order chi connectivity index (χ1) is 11.0. The Kier molecular flexibility index (Phi) is 4.53. The van der Waals surface area contributed by atoms with Crippen molar-refractivity contribution < 1.29 is 4.79 Å². The van der Waals surface area contributed by atoms with Crippen LogP contribution in [-0.2, 0) is 4.79 Å². The number of hydrogen-bond donors (Lipinski definition) is 1. The lowest BCUT2D eigenvalue weighted by molar-refractivity contribution is -0.120. The van der Waals surface area contributed by atoms with Gasteiger partial charge in [0.2, 0.25) is 5.91 Å². The van der Waals surface area contributed by atoms with E-state index in [2.05, 4.69) is 38.2 Å². The molecule has 0 aromatic heterocycles. The van der Waals surface area contributed by atoms with Gasteiger partial charge in [0.05, 0.1) is 12.5 Å². The monoisotopic (exact) mass is 324 g/mol. The van der Waals surface area contributed by atoms with Gasteiger partial charge in [-0.15, -0.1) is 0 Å². The molecule has 23 heavy (non-hydrogen) atoms. The predicted octanol–water partition coefficient (Wildman–Crippen LogP) is 4.32. The molecule has 0 saturated heterocycles. The number of amides is 1. The van der Waals surface area contributed by atoms with Crippen LogP contribution in [0.2, 0.25) is 0 Å². The van der Waals surface area contributed by atoms with Crippen LogP contribution in [0.15, 0.2) is 52.4 Å². The highest BCUT2D eigenvalue weighted by Gasteiger charge is 2.23. The minimum Gasteiger partial charge on any atom is -0.305 e. The highest BCUT2D eigenvalue weighted by Crippen LogP contribution is 2.32. The third-order valence-electron chi connectivity index (χ3n) is 3.89. The van der Waals surface area contributed by atoms with E-state index in [1.807, 2.05) is 30.3 Å². The molecular weight excluding hydrogens is 304 g/mol. The Morgan fingerprint density at radius 1 is 1.09 bits per heavy atom. The lowest BCUT2D eigenvalue weighted by Crippen LogP contribution is -2.34. The summed E-state index contributed by atoms with van der Waals surface area (Å²) in [6, 6.07) is 14.2. The second kappa shape index (κ2) is 6.59. The zero-order valence-electron chi connectivity index (χ0n) is 13.6. The van der Waals surface area contributed by atoms with Crippen LogP contribution in [0.3, 0.4) is 0 Å². The summed E-state index contributed by atoms with van der Waals surface area (Å²) in [6.07, 6.45) is 0.403. The van der Waals surface area contributed by atoms with Gasteiger partial charge >= 0.3 is 0 Å². The molecule has 2 aromatic carbocycles. The van der Waals surface area contributed by atoms with Crippen molar-refractivity contribution in [3.8, 4) is 0 Å². The summed E-state index contributed by atoms with van der Waals surface area (Å²) in [6.45, 7) is 6.30. The van der Waals surface area contributed by atoms with Gasteiger partial charge in [-0.05, 0) is 37.5 Å². The summed E-state index contributed by atoms with van der Waals surface area (Å²) >= 11 is 1.55. The van der Waals surface area contributed by atoms with Crippen LogP contribution in [0.4, 0.5) is 0 Å². The van der Waals surface area contributed by atoms with E-state index in [-0.39, 0.29) is 11.9 Å². The van der Waals surface area contributed by atoms with Gasteiger partial charge in [-0.1, -0.05) is 59.8 Å². The molecule has 3 rings (SSSR count). The van der Waals surface area contributed by atoms with E-state index in [1.165, 1.54) is 21.6 Å².